The van der Waals surface area contributed by atoms with Crippen molar-refractivity contribution in [2.45, 2.75) is 84.2 Å². The van der Waals surface area contributed by atoms with E-state index in [1.54, 1.807) is 13.8 Å². The van der Waals surface area contributed by atoms with E-state index in [2.05, 4.69) is 34.2 Å². The summed E-state index contributed by atoms with van der Waals surface area (Å²) in [4.78, 5) is 32.9. The summed E-state index contributed by atoms with van der Waals surface area (Å²) in [5.41, 5.74) is 11.7. The fourth-order valence-corrected chi connectivity index (χ4v) is 5.25. The van der Waals surface area contributed by atoms with E-state index in [1.165, 1.54) is 4.90 Å². The Hall–Kier alpha value is -3.34. The van der Waals surface area contributed by atoms with Crippen molar-refractivity contribution in [3.8, 4) is 0 Å². The number of azide groups is 1. The van der Waals surface area contributed by atoms with Crippen molar-refractivity contribution in [2.75, 3.05) is 32.8 Å². The summed E-state index contributed by atoms with van der Waals surface area (Å²) < 4.78 is 13.4. The lowest BCUT2D eigenvalue weighted by Gasteiger charge is -2.38. The van der Waals surface area contributed by atoms with Gasteiger partial charge in [0.1, 0.15) is 5.60 Å². The third-order valence-electron chi connectivity index (χ3n) is 7.35. The number of nitrogens with zero attached hydrogens (tertiary/aromatic N) is 7. The first-order chi connectivity index (χ1) is 18.6. The van der Waals surface area contributed by atoms with Crippen LogP contribution in [0.15, 0.2) is 17.2 Å². The van der Waals surface area contributed by atoms with Crippen LogP contribution < -0.4 is 0 Å². The molecule has 2 heterocycles. The molecular weight excluding hydrogens is 502 g/mol. The lowest BCUT2D eigenvalue weighted by molar-refractivity contribution is -0.151. The number of hydrogen-bond acceptors (Lipinski definition) is 7. The van der Waals surface area contributed by atoms with Crippen LogP contribution in [0.4, 0.5) is 4.79 Å². The lowest BCUT2D eigenvalue weighted by atomic mass is 9.99. The van der Waals surface area contributed by atoms with Crippen LogP contribution in [-0.4, -0.2) is 87.3 Å². The minimum atomic E-state index is -0.964. The summed E-state index contributed by atoms with van der Waals surface area (Å²) in [6, 6.07) is 4.14. The van der Waals surface area contributed by atoms with Gasteiger partial charge in [0.05, 0.1) is 36.9 Å². The number of aromatic nitrogens is 2. The van der Waals surface area contributed by atoms with Gasteiger partial charge < -0.3 is 24.4 Å². The molecule has 2 aromatic rings. The van der Waals surface area contributed by atoms with Crippen molar-refractivity contribution in [3.05, 3.63) is 39.4 Å². The number of aliphatic hydroxyl groups excluding tert-OH is 1. The molecule has 1 aliphatic carbocycles. The van der Waals surface area contributed by atoms with Crippen molar-refractivity contribution in [1.29, 1.82) is 0 Å². The van der Waals surface area contributed by atoms with Gasteiger partial charge >= 0.3 is 6.09 Å². The molecule has 1 aromatic heterocycles. The second-order valence-corrected chi connectivity index (χ2v) is 11.1. The van der Waals surface area contributed by atoms with Gasteiger partial charge in [-0.05, 0) is 76.6 Å². The number of aryl methyl sites for hydroxylation is 3. The number of hydrogen-bond donors (Lipinski definition) is 1. The molecule has 2 aliphatic rings. The van der Waals surface area contributed by atoms with Crippen LogP contribution in [0.25, 0.3) is 21.3 Å². The van der Waals surface area contributed by atoms with Gasteiger partial charge in [-0.3, -0.25) is 9.48 Å². The van der Waals surface area contributed by atoms with E-state index in [1.807, 2.05) is 23.4 Å². The van der Waals surface area contributed by atoms with Gasteiger partial charge in [-0.15, -0.1) is 0 Å². The molecular formula is C27H39N7O5. The smallest absolute Gasteiger partial charge is 0.410 e. The van der Waals surface area contributed by atoms with Crippen LogP contribution in [0.2, 0.25) is 0 Å². The molecule has 2 amide bonds. The minimum Gasteiger partial charge on any atom is -0.443 e. The first kappa shape index (κ1) is 28.7. The van der Waals surface area contributed by atoms with E-state index in [9.17, 15) is 14.7 Å². The number of fused-ring (bicyclic) bond motifs is 1. The highest BCUT2D eigenvalue weighted by Crippen LogP contribution is 2.37. The average molecular weight is 542 g/mol. The van der Waals surface area contributed by atoms with Gasteiger partial charge in [-0.2, -0.15) is 5.10 Å². The average Bonchev–Trinajstić information content (AvgIpc) is 3.68. The zero-order valence-electron chi connectivity index (χ0n) is 23.5. The highest BCUT2D eigenvalue weighted by atomic mass is 16.6. The molecule has 4 rings (SSSR count). The van der Waals surface area contributed by atoms with Gasteiger partial charge in [-0.25, -0.2) is 4.79 Å². The Morgan fingerprint density at radius 3 is 2.77 bits per heavy atom. The topological polar surface area (TPSA) is 146 Å². The maximum absolute atomic E-state index is 13.9. The summed E-state index contributed by atoms with van der Waals surface area (Å²) in [5, 5.41) is 18.6. The normalized spacial score (nSPS) is 18.5. The van der Waals surface area contributed by atoms with Crippen molar-refractivity contribution < 1.29 is 24.2 Å². The summed E-state index contributed by atoms with van der Waals surface area (Å²) in [6.07, 6.45) is 1.11. The minimum absolute atomic E-state index is 0.0110. The van der Waals surface area contributed by atoms with Gasteiger partial charge in [0, 0.05) is 36.0 Å². The highest BCUT2D eigenvalue weighted by molar-refractivity contribution is 5.87. The Morgan fingerprint density at radius 2 is 2.10 bits per heavy atom. The zero-order valence-corrected chi connectivity index (χ0v) is 23.5. The van der Waals surface area contributed by atoms with E-state index in [0.717, 1.165) is 40.6 Å². The third-order valence-corrected chi connectivity index (χ3v) is 7.35. The maximum atomic E-state index is 13.9. The molecule has 12 heteroatoms. The second kappa shape index (κ2) is 11.8. The lowest BCUT2D eigenvalue weighted by Crippen LogP contribution is -2.54. The molecule has 212 valence electrons. The number of amides is 2. The molecule has 1 saturated heterocycles. The van der Waals surface area contributed by atoms with E-state index in [0.29, 0.717) is 19.5 Å². The van der Waals surface area contributed by atoms with E-state index >= 15 is 0 Å². The summed E-state index contributed by atoms with van der Waals surface area (Å²) in [6.45, 7) is 10.8. The Balaban J connectivity index is 1.53. The van der Waals surface area contributed by atoms with E-state index < -0.39 is 17.8 Å². The summed E-state index contributed by atoms with van der Waals surface area (Å²) >= 11 is 0. The number of carbonyl (C=O) groups excluding carboxylic acids is 2. The van der Waals surface area contributed by atoms with Crippen LogP contribution in [0.3, 0.4) is 0 Å². The van der Waals surface area contributed by atoms with E-state index in [4.69, 9.17) is 15.0 Å². The molecule has 1 aromatic carbocycles. The number of rotatable bonds is 10. The molecule has 1 N–H and O–H groups in total. The number of ether oxygens (including phenoxy) is 2. The van der Waals surface area contributed by atoms with Gasteiger partial charge in [-0.1, -0.05) is 11.2 Å². The second-order valence-electron chi connectivity index (χ2n) is 11.1. The van der Waals surface area contributed by atoms with E-state index in [-0.39, 0.29) is 44.3 Å². The van der Waals surface area contributed by atoms with Gasteiger partial charge in [0.15, 0.2) is 6.10 Å². The highest BCUT2D eigenvalue weighted by Gasteiger charge is 2.42. The molecule has 1 saturated carbocycles. The largest absolute Gasteiger partial charge is 0.443 e. The molecule has 0 radical (unpaired) electrons. The van der Waals surface area contributed by atoms with Crippen molar-refractivity contribution in [3.63, 3.8) is 0 Å². The predicted molar refractivity (Wildman–Crippen MR) is 145 cm³/mol. The van der Waals surface area contributed by atoms with Gasteiger partial charge in [0.25, 0.3) is 5.91 Å². The number of carbonyl (C=O) groups is 2. The van der Waals surface area contributed by atoms with Gasteiger partial charge in [0.2, 0.25) is 0 Å². The quantitative estimate of drug-likeness (QED) is 0.273. The van der Waals surface area contributed by atoms with Crippen LogP contribution in [0.5, 0.6) is 0 Å². The Kier molecular flexibility index (Phi) is 8.68. The molecule has 0 spiro atoms. The number of benzene rings is 1. The molecule has 0 bridgehead atoms. The first-order valence-electron chi connectivity index (χ1n) is 13.6. The van der Waals surface area contributed by atoms with Crippen molar-refractivity contribution in [1.82, 2.24) is 19.6 Å². The number of aliphatic hydroxyl groups is 1. The zero-order chi connectivity index (χ0) is 28.3. The van der Waals surface area contributed by atoms with Crippen LogP contribution in [0, 0.1) is 13.8 Å². The fourth-order valence-electron chi connectivity index (χ4n) is 5.25. The summed E-state index contributed by atoms with van der Waals surface area (Å²) in [7, 11) is 0. The van der Waals surface area contributed by atoms with Crippen molar-refractivity contribution in [2.24, 2.45) is 5.11 Å². The third kappa shape index (κ3) is 6.46. The molecule has 2 fully saturated rings. The predicted octanol–water partition coefficient (Wildman–Crippen LogP) is 4.01. The SMILES string of the molecule is Cc1cc(C(C)N(C(=O)[C@H]2CN(C(=O)OC(C)(C)CN=[N+]=[N-])CCO2)C2CC2)cc2c1c(C)nn2CCCO. The van der Waals surface area contributed by atoms with Crippen LogP contribution in [-0.2, 0) is 20.8 Å². The molecule has 1 unspecified atom stereocenters. The van der Waals surface area contributed by atoms with Crippen LogP contribution in [0.1, 0.15) is 62.9 Å². The summed E-state index contributed by atoms with van der Waals surface area (Å²) in [5.74, 6) is -0.140. The molecule has 1 aliphatic heterocycles. The van der Waals surface area contributed by atoms with Crippen LogP contribution >= 0.6 is 0 Å². The first-order valence-corrected chi connectivity index (χ1v) is 13.6. The Labute approximate surface area is 228 Å². The molecule has 12 nitrogen and oxygen atoms in total. The standard InChI is InChI=1S/C27H39N7O5/c1-17-13-20(14-22-24(17)18(2)30-33(22)9-6-11-35)19(3)34(21-7-8-21)25(36)23-15-32(10-12-38-23)26(37)39-27(4,5)16-29-31-28/h13-14,19,21,23,35H,6-12,15-16H2,1-5H3/t19?,23-/m1/s1. The molecule has 39 heavy (non-hydrogen) atoms. The Morgan fingerprint density at radius 1 is 1.36 bits per heavy atom. The maximum Gasteiger partial charge on any atom is 0.410 e. The number of morpholine rings is 1. The fraction of sp³-hybridized carbons (Fsp3) is 0.667. The monoisotopic (exact) mass is 541 g/mol. The Bertz CT molecular complexity index is 1260. The molecule has 2 atom stereocenters. The van der Waals surface area contributed by atoms with Crippen molar-refractivity contribution >= 4 is 22.9 Å².